The summed E-state index contributed by atoms with van der Waals surface area (Å²) in [7, 11) is 0. The first-order valence-electron chi connectivity index (χ1n) is 9.38. The van der Waals surface area contributed by atoms with E-state index in [2.05, 4.69) is 15.1 Å². The Morgan fingerprint density at radius 2 is 2.07 bits per heavy atom. The van der Waals surface area contributed by atoms with Gasteiger partial charge in [-0.1, -0.05) is 0 Å². The molecule has 0 aromatic carbocycles. The molecule has 2 aromatic rings. The van der Waals surface area contributed by atoms with E-state index in [1.807, 2.05) is 30.1 Å². The molecule has 4 rings (SSSR count). The van der Waals surface area contributed by atoms with E-state index in [4.69, 9.17) is 0 Å². The summed E-state index contributed by atoms with van der Waals surface area (Å²) in [5, 5.41) is 8.62. The molecule has 146 valence electrons. The Kier molecular flexibility index (Phi) is 4.71. The van der Waals surface area contributed by atoms with Crippen molar-refractivity contribution >= 4 is 5.91 Å². The third-order valence-corrected chi connectivity index (χ3v) is 5.37. The second-order valence-electron chi connectivity index (χ2n) is 7.34. The SMILES string of the molecule is CCn1cc(CN2Cc3ccnn3C(C(=O)N3CCC(F)(F)CC3)C2)cn1. The minimum atomic E-state index is -2.66. The number of carbonyl (C=O) groups excluding carboxylic acids is 1. The zero-order valence-electron chi connectivity index (χ0n) is 15.4. The Morgan fingerprint density at radius 3 is 2.78 bits per heavy atom. The van der Waals surface area contributed by atoms with Crippen molar-refractivity contribution < 1.29 is 13.6 Å². The third kappa shape index (κ3) is 3.73. The van der Waals surface area contributed by atoms with Crippen molar-refractivity contribution in [3.63, 3.8) is 0 Å². The third-order valence-electron chi connectivity index (χ3n) is 5.37. The molecule has 2 aromatic heterocycles. The van der Waals surface area contributed by atoms with Gasteiger partial charge in [-0.25, -0.2) is 8.78 Å². The van der Waals surface area contributed by atoms with Gasteiger partial charge in [-0.15, -0.1) is 0 Å². The number of carbonyl (C=O) groups is 1. The van der Waals surface area contributed by atoms with Gasteiger partial charge in [0.25, 0.3) is 5.92 Å². The van der Waals surface area contributed by atoms with Gasteiger partial charge in [0.2, 0.25) is 5.91 Å². The average Bonchev–Trinajstić information content (AvgIpc) is 3.29. The molecule has 2 aliphatic rings. The van der Waals surface area contributed by atoms with Gasteiger partial charge in [0.1, 0.15) is 6.04 Å². The van der Waals surface area contributed by atoms with Gasteiger partial charge in [-0.05, 0) is 13.0 Å². The molecule has 0 saturated carbocycles. The van der Waals surface area contributed by atoms with Crippen LogP contribution in [0.1, 0.15) is 37.1 Å². The Balaban J connectivity index is 1.49. The largest absolute Gasteiger partial charge is 0.340 e. The lowest BCUT2D eigenvalue weighted by Gasteiger charge is -2.38. The molecule has 1 amide bonds. The average molecular weight is 378 g/mol. The molecular formula is C18H24F2N6O. The molecule has 0 spiro atoms. The van der Waals surface area contributed by atoms with Crippen LogP contribution in [0, 0.1) is 0 Å². The molecular weight excluding hydrogens is 354 g/mol. The number of aromatic nitrogens is 4. The fourth-order valence-corrected chi connectivity index (χ4v) is 3.85. The zero-order chi connectivity index (χ0) is 19.0. The summed E-state index contributed by atoms with van der Waals surface area (Å²) in [6, 6.07) is 1.43. The lowest BCUT2D eigenvalue weighted by atomic mass is 10.0. The topological polar surface area (TPSA) is 59.2 Å². The number of piperidine rings is 1. The second kappa shape index (κ2) is 7.03. The highest BCUT2D eigenvalue weighted by Crippen LogP contribution is 2.30. The van der Waals surface area contributed by atoms with Crippen LogP contribution in [0.3, 0.4) is 0 Å². The van der Waals surface area contributed by atoms with E-state index in [9.17, 15) is 13.6 Å². The minimum absolute atomic E-state index is 0.0994. The number of rotatable bonds is 4. The lowest BCUT2D eigenvalue weighted by Crippen LogP contribution is -2.50. The Hall–Kier alpha value is -2.29. The molecule has 1 saturated heterocycles. The van der Waals surface area contributed by atoms with E-state index in [1.54, 1.807) is 15.8 Å². The van der Waals surface area contributed by atoms with Crippen molar-refractivity contribution in [1.82, 2.24) is 29.4 Å². The summed E-state index contributed by atoms with van der Waals surface area (Å²) < 4.78 is 30.5. The summed E-state index contributed by atoms with van der Waals surface area (Å²) in [6.45, 7) is 4.94. The second-order valence-corrected chi connectivity index (χ2v) is 7.34. The van der Waals surface area contributed by atoms with Crippen LogP contribution in [0.25, 0.3) is 0 Å². The number of alkyl halides is 2. The van der Waals surface area contributed by atoms with E-state index in [0.29, 0.717) is 19.6 Å². The summed E-state index contributed by atoms with van der Waals surface area (Å²) in [5.41, 5.74) is 2.05. The quantitative estimate of drug-likeness (QED) is 0.816. The number of fused-ring (bicyclic) bond motifs is 1. The summed E-state index contributed by atoms with van der Waals surface area (Å²) >= 11 is 0. The van der Waals surface area contributed by atoms with E-state index in [1.165, 1.54) is 0 Å². The van der Waals surface area contributed by atoms with Gasteiger partial charge in [0.15, 0.2) is 0 Å². The van der Waals surface area contributed by atoms with Crippen molar-refractivity contribution in [2.24, 2.45) is 0 Å². The molecule has 0 bridgehead atoms. The summed E-state index contributed by atoms with van der Waals surface area (Å²) in [4.78, 5) is 16.8. The van der Waals surface area contributed by atoms with Crippen LogP contribution in [-0.2, 0) is 24.4 Å². The number of amides is 1. The van der Waals surface area contributed by atoms with Gasteiger partial charge < -0.3 is 4.90 Å². The maximum absolute atomic E-state index is 13.4. The Labute approximate surface area is 156 Å². The maximum atomic E-state index is 13.4. The van der Waals surface area contributed by atoms with Crippen LogP contribution in [0.2, 0.25) is 0 Å². The van der Waals surface area contributed by atoms with E-state index in [-0.39, 0.29) is 31.8 Å². The van der Waals surface area contributed by atoms with Gasteiger partial charge in [-0.2, -0.15) is 10.2 Å². The fraction of sp³-hybridized carbons (Fsp3) is 0.611. The molecule has 0 N–H and O–H groups in total. The smallest absolute Gasteiger partial charge is 0.251 e. The van der Waals surface area contributed by atoms with Crippen molar-refractivity contribution in [3.8, 4) is 0 Å². The molecule has 7 nitrogen and oxygen atoms in total. The molecule has 4 heterocycles. The standard InChI is InChI=1S/C18H24F2N6O/c1-2-25-11-14(9-22-25)10-23-12-15-3-6-21-26(15)16(13-23)17(27)24-7-4-18(19,20)5-8-24/h3,6,9,11,16H,2,4-5,7-8,10,12-13H2,1H3. The molecule has 1 fully saturated rings. The fourth-order valence-electron chi connectivity index (χ4n) is 3.85. The van der Waals surface area contributed by atoms with Crippen molar-refractivity contribution in [3.05, 3.63) is 35.9 Å². The molecule has 0 radical (unpaired) electrons. The van der Waals surface area contributed by atoms with E-state index >= 15 is 0 Å². The maximum Gasteiger partial charge on any atom is 0.251 e. The Morgan fingerprint density at radius 1 is 1.30 bits per heavy atom. The number of halogens is 2. The van der Waals surface area contributed by atoms with Crippen LogP contribution < -0.4 is 0 Å². The zero-order valence-corrected chi connectivity index (χ0v) is 15.4. The highest BCUT2D eigenvalue weighted by Gasteiger charge is 2.39. The first-order valence-corrected chi connectivity index (χ1v) is 9.38. The molecule has 9 heteroatoms. The van der Waals surface area contributed by atoms with Crippen LogP contribution in [0.4, 0.5) is 8.78 Å². The summed E-state index contributed by atoms with van der Waals surface area (Å²) in [6.07, 6.45) is 5.02. The van der Waals surface area contributed by atoms with E-state index in [0.717, 1.165) is 17.8 Å². The number of nitrogens with zero attached hydrogens (tertiary/aromatic N) is 6. The molecule has 2 aliphatic heterocycles. The number of hydrogen-bond acceptors (Lipinski definition) is 4. The van der Waals surface area contributed by atoms with Crippen LogP contribution in [-0.4, -0.2) is 60.8 Å². The molecule has 27 heavy (non-hydrogen) atoms. The predicted octanol–water partition coefficient (Wildman–Crippen LogP) is 1.91. The van der Waals surface area contributed by atoms with Gasteiger partial charge in [0.05, 0.1) is 11.9 Å². The van der Waals surface area contributed by atoms with Crippen LogP contribution in [0.15, 0.2) is 24.7 Å². The highest BCUT2D eigenvalue weighted by molar-refractivity contribution is 5.81. The monoisotopic (exact) mass is 378 g/mol. The lowest BCUT2D eigenvalue weighted by molar-refractivity contribution is -0.142. The highest BCUT2D eigenvalue weighted by atomic mass is 19.3. The number of aryl methyl sites for hydroxylation is 1. The van der Waals surface area contributed by atoms with Crippen molar-refractivity contribution in [1.29, 1.82) is 0 Å². The Bertz CT molecular complexity index is 806. The van der Waals surface area contributed by atoms with Gasteiger partial charge in [0, 0.05) is 70.1 Å². The molecule has 1 atom stereocenters. The molecule has 0 aliphatic carbocycles. The number of hydrogen-bond donors (Lipinski definition) is 0. The number of likely N-dealkylation sites (tertiary alicyclic amines) is 1. The van der Waals surface area contributed by atoms with Crippen molar-refractivity contribution in [2.45, 2.75) is 51.4 Å². The van der Waals surface area contributed by atoms with Crippen LogP contribution >= 0.6 is 0 Å². The minimum Gasteiger partial charge on any atom is -0.340 e. The first kappa shape index (κ1) is 18.1. The molecule has 1 unspecified atom stereocenters. The first-order chi connectivity index (χ1) is 12.9. The predicted molar refractivity (Wildman–Crippen MR) is 94.0 cm³/mol. The van der Waals surface area contributed by atoms with Crippen LogP contribution in [0.5, 0.6) is 0 Å². The van der Waals surface area contributed by atoms with Crippen molar-refractivity contribution in [2.75, 3.05) is 19.6 Å². The summed E-state index contributed by atoms with van der Waals surface area (Å²) in [5.74, 6) is -2.78. The normalized spacial score (nSPS) is 22.6. The van der Waals surface area contributed by atoms with Gasteiger partial charge >= 0.3 is 0 Å². The van der Waals surface area contributed by atoms with E-state index < -0.39 is 12.0 Å². The van der Waals surface area contributed by atoms with Gasteiger partial charge in [-0.3, -0.25) is 19.1 Å².